The highest BCUT2D eigenvalue weighted by Gasteiger charge is 2.22. The number of hydrogen-bond acceptors (Lipinski definition) is 3. The summed E-state index contributed by atoms with van der Waals surface area (Å²) in [6.07, 6.45) is 3.82. The van der Waals surface area contributed by atoms with Crippen LogP contribution in [0.1, 0.15) is 50.7 Å². The summed E-state index contributed by atoms with van der Waals surface area (Å²) in [4.78, 5) is 2.59. The number of furan rings is 1. The van der Waals surface area contributed by atoms with E-state index in [1.165, 1.54) is 38.9 Å². The van der Waals surface area contributed by atoms with Gasteiger partial charge in [-0.15, -0.1) is 0 Å². The standard InChI is InChI=1S/C16H28N2O/c1-4-11-18(12-15-7-9-17-10-8-15)14(3)16-6-5-13(2)19-16/h5-6,14-15,17H,4,7-12H2,1-3H3. The number of nitrogens with one attached hydrogen (secondary N) is 1. The maximum Gasteiger partial charge on any atom is 0.121 e. The lowest BCUT2D eigenvalue weighted by Gasteiger charge is -2.33. The Morgan fingerprint density at radius 2 is 2.11 bits per heavy atom. The minimum atomic E-state index is 0.392. The van der Waals surface area contributed by atoms with Gasteiger partial charge in [0.15, 0.2) is 0 Å². The normalized spacial score (nSPS) is 18.9. The quantitative estimate of drug-likeness (QED) is 0.854. The van der Waals surface area contributed by atoms with Crippen LogP contribution in [0, 0.1) is 12.8 Å². The van der Waals surface area contributed by atoms with E-state index in [1.54, 1.807) is 0 Å². The Bertz CT molecular complexity index is 369. The second kappa shape index (κ2) is 7.11. The minimum Gasteiger partial charge on any atom is -0.465 e. The second-order valence-corrected chi connectivity index (χ2v) is 5.81. The Balaban J connectivity index is 1.97. The van der Waals surface area contributed by atoms with Crippen molar-refractivity contribution in [2.75, 3.05) is 26.2 Å². The van der Waals surface area contributed by atoms with Crippen LogP contribution in [0.15, 0.2) is 16.5 Å². The summed E-state index contributed by atoms with van der Waals surface area (Å²) in [5.74, 6) is 2.96. The number of hydrogen-bond donors (Lipinski definition) is 1. The molecule has 0 spiro atoms. The van der Waals surface area contributed by atoms with Crippen molar-refractivity contribution in [3.63, 3.8) is 0 Å². The van der Waals surface area contributed by atoms with Crippen molar-refractivity contribution in [1.29, 1.82) is 0 Å². The van der Waals surface area contributed by atoms with Gasteiger partial charge in [-0.25, -0.2) is 0 Å². The van der Waals surface area contributed by atoms with Crippen LogP contribution < -0.4 is 5.32 Å². The van der Waals surface area contributed by atoms with Gasteiger partial charge in [-0.1, -0.05) is 6.92 Å². The van der Waals surface area contributed by atoms with Crippen LogP contribution in [-0.2, 0) is 0 Å². The van der Waals surface area contributed by atoms with Gasteiger partial charge in [0, 0.05) is 6.54 Å². The highest BCUT2D eigenvalue weighted by atomic mass is 16.3. The average Bonchev–Trinajstić information content (AvgIpc) is 2.85. The highest BCUT2D eigenvalue weighted by Crippen LogP contribution is 2.25. The van der Waals surface area contributed by atoms with Crippen molar-refractivity contribution in [3.05, 3.63) is 23.7 Å². The van der Waals surface area contributed by atoms with Gasteiger partial charge >= 0.3 is 0 Å². The summed E-state index contributed by atoms with van der Waals surface area (Å²) in [6, 6.07) is 4.59. The van der Waals surface area contributed by atoms with Crippen LogP contribution in [0.4, 0.5) is 0 Å². The molecule has 1 aliphatic heterocycles. The van der Waals surface area contributed by atoms with E-state index in [0.717, 1.165) is 24.0 Å². The van der Waals surface area contributed by atoms with E-state index in [9.17, 15) is 0 Å². The van der Waals surface area contributed by atoms with Crippen molar-refractivity contribution >= 4 is 0 Å². The number of piperidine rings is 1. The monoisotopic (exact) mass is 264 g/mol. The van der Waals surface area contributed by atoms with Gasteiger partial charge in [0.25, 0.3) is 0 Å². The van der Waals surface area contributed by atoms with Crippen LogP contribution in [0.2, 0.25) is 0 Å². The lowest BCUT2D eigenvalue weighted by atomic mass is 9.96. The molecular formula is C16H28N2O. The molecule has 0 amide bonds. The van der Waals surface area contributed by atoms with Crippen molar-refractivity contribution in [3.8, 4) is 0 Å². The van der Waals surface area contributed by atoms with Crippen molar-refractivity contribution in [1.82, 2.24) is 10.2 Å². The topological polar surface area (TPSA) is 28.4 Å². The van der Waals surface area contributed by atoms with Gasteiger partial charge < -0.3 is 9.73 Å². The Labute approximate surface area is 117 Å². The molecule has 0 aromatic carbocycles. The SMILES string of the molecule is CCCN(CC1CCNCC1)C(C)c1ccc(C)o1. The van der Waals surface area contributed by atoms with Gasteiger partial charge in [-0.2, -0.15) is 0 Å². The van der Waals surface area contributed by atoms with E-state index in [0.29, 0.717) is 6.04 Å². The van der Waals surface area contributed by atoms with Crippen LogP contribution in [0.25, 0.3) is 0 Å². The Kier molecular flexibility index (Phi) is 5.46. The Morgan fingerprint density at radius 1 is 1.37 bits per heavy atom. The lowest BCUT2D eigenvalue weighted by molar-refractivity contribution is 0.145. The van der Waals surface area contributed by atoms with Gasteiger partial charge in [0.1, 0.15) is 11.5 Å². The minimum absolute atomic E-state index is 0.392. The van der Waals surface area contributed by atoms with Crippen LogP contribution in [0.3, 0.4) is 0 Å². The summed E-state index contributed by atoms with van der Waals surface area (Å²) < 4.78 is 5.81. The molecule has 1 fully saturated rings. The van der Waals surface area contributed by atoms with E-state index in [1.807, 2.05) is 6.92 Å². The molecule has 1 aliphatic rings. The largest absolute Gasteiger partial charge is 0.465 e. The summed E-state index contributed by atoms with van der Waals surface area (Å²) in [5.41, 5.74) is 0. The van der Waals surface area contributed by atoms with Gasteiger partial charge in [-0.3, -0.25) is 4.90 Å². The smallest absolute Gasteiger partial charge is 0.121 e. The molecule has 0 bridgehead atoms. The van der Waals surface area contributed by atoms with Crippen LogP contribution >= 0.6 is 0 Å². The molecule has 1 unspecified atom stereocenters. The molecule has 108 valence electrons. The van der Waals surface area contributed by atoms with E-state index in [-0.39, 0.29) is 0 Å². The summed E-state index contributed by atoms with van der Waals surface area (Å²) >= 11 is 0. The zero-order valence-corrected chi connectivity index (χ0v) is 12.6. The third-order valence-electron chi connectivity index (χ3n) is 4.18. The summed E-state index contributed by atoms with van der Waals surface area (Å²) in [7, 11) is 0. The molecule has 3 nitrogen and oxygen atoms in total. The molecule has 3 heteroatoms. The van der Waals surface area contributed by atoms with Gasteiger partial charge in [0.05, 0.1) is 6.04 Å². The molecule has 19 heavy (non-hydrogen) atoms. The Hall–Kier alpha value is -0.800. The average molecular weight is 264 g/mol. The zero-order valence-electron chi connectivity index (χ0n) is 12.6. The fourth-order valence-electron chi connectivity index (χ4n) is 2.98. The summed E-state index contributed by atoms with van der Waals surface area (Å²) in [6.45, 7) is 11.3. The number of nitrogens with zero attached hydrogens (tertiary/aromatic N) is 1. The molecule has 1 aromatic rings. The van der Waals surface area contributed by atoms with Crippen molar-refractivity contribution in [2.24, 2.45) is 5.92 Å². The van der Waals surface area contributed by atoms with E-state index < -0.39 is 0 Å². The third-order valence-corrected chi connectivity index (χ3v) is 4.18. The predicted octanol–water partition coefficient (Wildman–Crippen LogP) is 3.36. The maximum atomic E-state index is 5.81. The van der Waals surface area contributed by atoms with E-state index >= 15 is 0 Å². The first-order valence-electron chi connectivity index (χ1n) is 7.71. The fraction of sp³-hybridized carbons (Fsp3) is 0.750. The number of rotatable bonds is 6. The first-order valence-corrected chi connectivity index (χ1v) is 7.71. The van der Waals surface area contributed by atoms with E-state index in [4.69, 9.17) is 4.42 Å². The fourth-order valence-corrected chi connectivity index (χ4v) is 2.98. The van der Waals surface area contributed by atoms with Crippen LogP contribution in [0.5, 0.6) is 0 Å². The van der Waals surface area contributed by atoms with Crippen molar-refractivity contribution in [2.45, 2.75) is 46.1 Å². The van der Waals surface area contributed by atoms with Gasteiger partial charge in [-0.05, 0) is 70.8 Å². The molecule has 0 radical (unpaired) electrons. The molecule has 1 saturated heterocycles. The molecule has 1 aromatic heterocycles. The van der Waals surface area contributed by atoms with Gasteiger partial charge in [0.2, 0.25) is 0 Å². The predicted molar refractivity (Wildman–Crippen MR) is 79.3 cm³/mol. The molecule has 1 atom stereocenters. The molecule has 2 rings (SSSR count). The Morgan fingerprint density at radius 3 is 2.68 bits per heavy atom. The third kappa shape index (κ3) is 4.08. The first-order chi connectivity index (χ1) is 9.20. The molecule has 2 heterocycles. The zero-order chi connectivity index (χ0) is 13.7. The second-order valence-electron chi connectivity index (χ2n) is 5.81. The van der Waals surface area contributed by atoms with E-state index in [2.05, 4.69) is 36.2 Å². The molecular weight excluding hydrogens is 236 g/mol. The highest BCUT2D eigenvalue weighted by molar-refractivity contribution is 5.09. The first kappa shape index (κ1) is 14.6. The molecule has 1 N–H and O–H groups in total. The molecule has 0 saturated carbocycles. The van der Waals surface area contributed by atoms with Crippen LogP contribution in [-0.4, -0.2) is 31.1 Å². The maximum absolute atomic E-state index is 5.81. The van der Waals surface area contributed by atoms with Crippen molar-refractivity contribution < 1.29 is 4.42 Å². The summed E-state index contributed by atoms with van der Waals surface area (Å²) in [5, 5.41) is 3.45. The molecule has 0 aliphatic carbocycles. The number of aryl methyl sites for hydroxylation is 1. The lowest BCUT2D eigenvalue weighted by Crippen LogP contribution is -2.37.